The second kappa shape index (κ2) is 9.44. The largest absolute Gasteiger partial charge is 0.493 e. The van der Waals surface area contributed by atoms with E-state index in [9.17, 15) is 4.79 Å². The molecule has 1 aliphatic rings. The molecule has 0 aromatic heterocycles. The van der Waals surface area contributed by atoms with Gasteiger partial charge in [0.05, 0.1) is 6.61 Å². The third-order valence-electron chi connectivity index (χ3n) is 4.23. The number of carbonyl (C=O) groups is 1. The van der Waals surface area contributed by atoms with E-state index in [4.69, 9.17) is 4.74 Å². The maximum atomic E-state index is 12.5. The first-order valence-corrected chi connectivity index (χ1v) is 8.51. The molecule has 1 N–H and O–H groups in total. The fourth-order valence-corrected chi connectivity index (χ4v) is 2.92. The molecule has 0 radical (unpaired) electrons. The maximum Gasteiger partial charge on any atom is 0.254 e. The minimum Gasteiger partial charge on any atom is -0.493 e. The molecule has 1 fully saturated rings. The molecule has 1 amide bonds. The predicted octanol–water partition coefficient (Wildman–Crippen LogP) is 3.08. The Balaban J connectivity index is 0.00000225. The van der Waals surface area contributed by atoms with Crippen molar-refractivity contribution in [3.8, 4) is 5.75 Å². The molecule has 134 valence electrons. The molecule has 5 heteroatoms. The fourth-order valence-electron chi connectivity index (χ4n) is 2.92. The van der Waals surface area contributed by atoms with E-state index in [1.54, 1.807) is 0 Å². The molecule has 1 saturated heterocycles. The van der Waals surface area contributed by atoms with Gasteiger partial charge in [0, 0.05) is 38.2 Å². The summed E-state index contributed by atoms with van der Waals surface area (Å²) in [5.74, 6) is 0.837. The van der Waals surface area contributed by atoms with E-state index in [1.165, 1.54) is 11.1 Å². The highest BCUT2D eigenvalue weighted by Crippen LogP contribution is 2.16. The quantitative estimate of drug-likeness (QED) is 0.890. The van der Waals surface area contributed by atoms with Crippen molar-refractivity contribution in [3.05, 3.63) is 65.2 Å². The van der Waals surface area contributed by atoms with Crippen LogP contribution >= 0.6 is 12.4 Å². The molecule has 0 aliphatic carbocycles. The molecule has 1 aliphatic heterocycles. The number of nitrogens with zero attached hydrogens (tertiary/aromatic N) is 1. The van der Waals surface area contributed by atoms with Crippen molar-refractivity contribution < 1.29 is 9.53 Å². The van der Waals surface area contributed by atoms with Crippen LogP contribution in [0.1, 0.15) is 21.5 Å². The van der Waals surface area contributed by atoms with Crippen LogP contribution in [0.5, 0.6) is 5.75 Å². The summed E-state index contributed by atoms with van der Waals surface area (Å²) in [6, 6.07) is 15.9. The van der Waals surface area contributed by atoms with Crippen LogP contribution in [0, 0.1) is 6.92 Å². The van der Waals surface area contributed by atoms with Crippen LogP contribution < -0.4 is 10.1 Å². The molecule has 2 aromatic carbocycles. The van der Waals surface area contributed by atoms with Crippen LogP contribution in [0.4, 0.5) is 0 Å². The molecule has 0 unspecified atom stereocenters. The molecule has 2 aromatic rings. The van der Waals surface area contributed by atoms with Gasteiger partial charge >= 0.3 is 0 Å². The second-order valence-corrected chi connectivity index (χ2v) is 6.16. The number of nitrogens with one attached hydrogen (secondary N) is 1. The van der Waals surface area contributed by atoms with Gasteiger partial charge in [-0.2, -0.15) is 0 Å². The third-order valence-corrected chi connectivity index (χ3v) is 4.23. The average molecular weight is 361 g/mol. The standard InChI is InChI=1S/C20H24N2O2.ClH/c1-16-4-2-5-17(14-16)8-13-24-19-7-3-6-18(15-19)20(23)22-11-9-21-10-12-22;/h2-7,14-15,21H,8-13H2,1H3;1H. The Morgan fingerprint density at radius 1 is 1.12 bits per heavy atom. The number of hydrogen-bond acceptors (Lipinski definition) is 3. The van der Waals surface area contributed by atoms with Gasteiger partial charge in [-0.3, -0.25) is 4.79 Å². The van der Waals surface area contributed by atoms with E-state index in [-0.39, 0.29) is 18.3 Å². The van der Waals surface area contributed by atoms with Crippen molar-refractivity contribution in [3.63, 3.8) is 0 Å². The number of carbonyl (C=O) groups excluding carboxylic acids is 1. The molecule has 25 heavy (non-hydrogen) atoms. The van der Waals surface area contributed by atoms with Gasteiger partial charge in [-0.25, -0.2) is 0 Å². The zero-order valence-electron chi connectivity index (χ0n) is 14.5. The monoisotopic (exact) mass is 360 g/mol. The number of hydrogen-bond donors (Lipinski definition) is 1. The minimum absolute atomic E-state index is 0. The Kier molecular flexibility index (Phi) is 7.29. The molecule has 1 heterocycles. The number of rotatable bonds is 5. The number of benzene rings is 2. The van der Waals surface area contributed by atoms with Gasteiger partial charge < -0.3 is 15.0 Å². The van der Waals surface area contributed by atoms with Gasteiger partial charge in [0.1, 0.15) is 5.75 Å². The smallest absolute Gasteiger partial charge is 0.254 e. The summed E-state index contributed by atoms with van der Waals surface area (Å²) in [5.41, 5.74) is 3.23. The van der Waals surface area contributed by atoms with Crippen LogP contribution in [0.2, 0.25) is 0 Å². The number of aryl methyl sites for hydroxylation is 1. The van der Waals surface area contributed by atoms with E-state index < -0.39 is 0 Å². The Hall–Kier alpha value is -2.04. The van der Waals surface area contributed by atoms with Gasteiger partial charge in [-0.05, 0) is 30.7 Å². The van der Waals surface area contributed by atoms with E-state index in [1.807, 2.05) is 29.2 Å². The Labute approximate surface area is 155 Å². The lowest BCUT2D eigenvalue weighted by molar-refractivity contribution is 0.0735. The Bertz CT molecular complexity index is 700. The summed E-state index contributed by atoms with van der Waals surface area (Å²) >= 11 is 0. The Morgan fingerprint density at radius 3 is 2.64 bits per heavy atom. The number of amides is 1. The third kappa shape index (κ3) is 5.48. The second-order valence-electron chi connectivity index (χ2n) is 6.16. The van der Waals surface area contributed by atoms with E-state index in [2.05, 4.69) is 36.5 Å². The number of halogens is 1. The first-order valence-electron chi connectivity index (χ1n) is 8.51. The average Bonchev–Trinajstić information content (AvgIpc) is 2.62. The summed E-state index contributed by atoms with van der Waals surface area (Å²) in [7, 11) is 0. The zero-order chi connectivity index (χ0) is 16.8. The molecule has 4 nitrogen and oxygen atoms in total. The van der Waals surface area contributed by atoms with Crippen LogP contribution in [0.3, 0.4) is 0 Å². The van der Waals surface area contributed by atoms with E-state index >= 15 is 0 Å². The topological polar surface area (TPSA) is 41.6 Å². The molecular weight excluding hydrogens is 336 g/mol. The SMILES string of the molecule is Cc1cccc(CCOc2cccc(C(=O)N3CCNCC3)c2)c1.Cl. The molecule has 0 bridgehead atoms. The highest BCUT2D eigenvalue weighted by atomic mass is 35.5. The molecule has 0 saturated carbocycles. The highest BCUT2D eigenvalue weighted by molar-refractivity contribution is 5.94. The van der Waals surface area contributed by atoms with Gasteiger partial charge in [-0.1, -0.05) is 35.9 Å². The predicted molar refractivity (Wildman–Crippen MR) is 103 cm³/mol. The summed E-state index contributed by atoms with van der Waals surface area (Å²) in [6.07, 6.45) is 0.859. The summed E-state index contributed by atoms with van der Waals surface area (Å²) in [5, 5.41) is 3.26. The van der Waals surface area contributed by atoms with Crippen molar-refractivity contribution in [1.29, 1.82) is 0 Å². The van der Waals surface area contributed by atoms with Crippen LogP contribution in [-0.4, -0.2) is 43.6 Å². The van der Waals surface area contributed by atoms with Crippen molar-refractivity contribution in [2.75, 3.05) is 32.8 Å². The lowest BCUT2D eigenvalue weighted by Crippen LogP contribution is -2.46. The van der Waals surface area contributed by atoms with Gasteiger partial charge in [0.2, 0.25) is 0 Å². The van der Waals surface area contributed by atoms with Crippen molar-refractivity contribution in [1.82, 2.24) is 10.2 Å². The van der Waals surface area contributed by atoms with Crippen LogP contribution in [0.25, 0.3) is 0 Å². The van der Waals surface area contributed by atoms with Gasteiger partial charge in [0.15, 0.2) is 0 Å². The van der Waals surface area contributed by atoms with E-state index in [0.29, 0.717) is 12.2 Å². The van der Waals surface area contributed by atoms with Crippen molar-refractivity contribution in [2.45, 2.75) is 13.3 Å². The summed E-state index contributed by atoms with van der Waals surface area (Å²) < 4.78 is 5.84. The van der Waals surface area contributed by atoms with Crippen LogP contribution in [0.15, 0.2) is 48.5 Å². The highest BCUT2D eigenvalue weighted by Gasteiger charge is 2.18. The molecular formula is C20H25ClN2O2. The van der Waals surface area contributed by atoms with Crippen molar-refractivity contribution >= 4 is 18.3 Å². The van der Waals surface area contributed by atoms with Crippen molar-refractivity contribution in [2.24, 2.45) is 0 Å². The van der Waals surface area contributed by atoms with Gasteiger partial charge in [-0.15, -0.1) is 12.4 Å². The maximum absolute atomic E-state index is 12.5. The normalized spacial score (nSPS) is 13.9. The zero-order valence-corrected chi connectivity index (χ0v) is 15.3. The molecule has 3 rings (SSSR count). The lowest BCUT2D eigenvalue weighted by atomic mass is 10.1. The Morgan fingerprint density at radius 2 is 1.88 bits per heavy atom. The number of piperazine rings is 1. The first-order chi connectivity index (χ1) is 11.7. The molecule has 0 spiro atoms. The minimum atomic E-state index is 0. The summed E-state index contributed by atoms with van der Waals surface area (Å²) in [6.45, 7) is 5.94. The molecule has 0 atom stereocenters. The summed E-state index contributed by atoms with van der Waals surface area (Å²) in [4.78, 5) is 14.4. The fraction of sp³-hybridized carbons (Fsp3) is 0.350. The number of ether oxygens (including phenoxy) is 1. The first kappa shape index (κ1) is 19.3. The van der Waals surface area contributed by atoms with E-state index in [0.717, 1.165) is 38.3 Å². The van der Waals surface area contributed by atoms with Crippen LogP contribution in [-0.2, 0) is 6.42 Å². The lowest BCUT2D eigenvalue weighted by Gasteiger charge is -2.27. The van der Waals surface area contributed by atoms with Gasteiger partial charge in [0.25, 0.3) is 5.91 Å².